The standard InChI is InChI=1S/C14H16N2O3S/c1-15-5-6-16(14(19)13(15)18)9-12-8-11(10-20-12)4-2-3-7-17/h8,10,17H,3,5-7,9H2,1H3. The number of piperazine rings is 1. The number of amides is 2. The van der Waals surface area contributed by atoms with Crippen LogP contribution in [0.3, 0.4) is 0 Å². The van der Waals surface area contributed by atoms with Crippen LogP contribution in [0.4, 0.5) is 0 Å². The SMILES string of the molecule is CN1CCN(Cc2cc(C#CCCO)cs2)C(=O)C1=O. The van der Waals surface area contributed by atoms with E-state index in [1.807, 2.05) is 11.4 Å². The van der Waals surface area contributed by atoms with Gasteiger partial charge in [-0.3, -0.25) is 9.59 Å². The highest BCUT2D eigenvalue weighted by Gasteiger charge is 2.30. The molecule has 0 atom stereocenters. The monoisotopic (exact) mass is 292 g/mol. The Hall–Kier alpha value is -1.84. The van der Waals surface area contributed by atoms with Crippen LogP contribution in [0.5, 0.6) is 0 Å². The Morgan fingerprint density at radius 1 is 1.35 bits per heavy atom. The summed E-state index contributed by atoms with van der Waals surface area (Å²) in [7, 11) is 1.64. The van der Waals surface area contributed by atoms with E-state index >= 15 is 0 Å². The van der Waals surface area contributed by atoms with Gasteiger partial charge in [0, 0.05) is 42.4 Å². The van der Waals surface area contributed by atoms with Crippen LogP contribution >= 0.6 is 11.3 Å². The van der Waals surface area contributed by atoms with Gasteiger partial charge in [0.25, 0.3) is 0 Å². The van der Waals surface area contributed by atoms with Crippen molar-refractivity contribution in [1.82, 2.24) is 9.80 Å². The van der Waals surface area contributed by atoms with E-state index in [4.69, 9.17) is 5.11 Å². The van der Waals surface area contributed by atoms with Crippen molar-refractivity contribution >= 4 is 23.2 Å². The molecule has 1 aromatic heterocycles. The predicted octanol–water partition coefficient (Wildman–Crippen LogP) is 0.283. The molecule has 1 N–H and O–H groups in total. The van der Waals surface area contributed by atoms with Crippen molar-refractivity contribution < 1.29 is 14.7 Å². The molecule has 0 unspecified atom stereocenters. The summed E-state index contributed by atoms with van der Waals surface area (Å²) in [5.41, 5.74) is 0.881. The zero-order chi connectivity index (χ0) is 14.5. The number of carbonyl (C=O) groups is 2. The number of likely N-dealkylation sites (N-methyl/N-ethyl adjacent to an activating group) is 1. The summed E-state index contributed by atoms with van der Waals surface area (Å²) in [6, 6.07) is 1.92. The summed E-state index contributed by atoms with van der Waals surface area (Å²) >= 11 is 1.52. The molecule has 0 bridgehead atoms. The van der Waals surface area contributed by atoms with Gasteiger partial charge in [-0.1, -0.05) is 11.8 Å². The molecule has 1 saturated heterocycles. The number of carbonyl (C=O) groups excluding carboxylic acids is 2. The Balaban J connectivity index is 1.99. The van der Waals surface area contributed by atoms with Gasteiger partial charge < -0.3 is 14.9 Å². The highest BCUT2D eigenvalue weighted by Crippen LogP contribution is 2.17. The van der Waals surface area contributed by atoms with Gasteiger partial charge in [-0.15, -0.1) is 11.3 Å². The highest BCUT2D eigenvalue weighted by atomic mass is 32.1. The average Bonchev–Trinajstić information content (AvgIpc) is 2.88. The van der Waals surface area contributed by atoms with Crippen molar-refractivity contribution in [3.8, 4) is 11.8 Å². The minimum atomic E-state index is -0.448. The van der Waals surface area contributed by atoms with Gasteiger partial charge in [0.05, 0.1) is 13.2 Å². The van der Waals surface area contributed by atoms with Crippen LogP contribution in [0, 0.1) is 11.8 Å². The summed E-state index contributed by atoms with van der Waals surface area (Å²) in [5.74, 6) is 4.91. The second-order valence-electron chi connectivity index (χ2n) is 4.53. The fourth-order valence-corrected chi connectivity index (χ4v) is 2.69. The molecule has 0 aromatic carbocycles. The van der Waals surface area contributed by atoms with Gasteiger partial charge in [0.2, 0.25) is 0 Å². The molecule has 1 aliphatic rings. The van der Waals surface area contributed by atoms with Crippen LogP contribution in [0.15, 0.2) is 11.4 Å². The van der Waals surface area contributed by atoms with E-state index in [-0.39, 0.29) is 6.61 Å². The third-order valence-corrected chi connectivity index (χ3v) is 3.91. The number of hydrogen-bond donors (Lipinski definition) is 1. The maximum atomic E-state index is 11.8. The molecule has 5 nitrogen and oxygen atoms in total. The van der Waals surface area contributed by atoms with Crippen molar-refractivity contribution in [1.29, 1.82) is 0 Å². The van der Waals surface area contributed by atoms with Crippen LogP contribution in [0.1, 0.15) is 16.9 Å². The van der Waals surface area contributed by atoms with Crippen molar-refractivity contribution in [2.24, 2.45) is 0 Å². The molecule has 0 radical (unpaired) electrons. The fraction of sp³-hybridized carbons (Fsp3) is 0.429. The lowest BCUT2D eigenvalue weighted by Gasteiger charge is -2.31. The number of hydrogen-bond acceptors (Lipinski definition) is 4. The highest BCUT2D eigenvalue weighted by molar-refractivity contribution is 7.10. The zero-order valence-electron chi connectivity index (χ0n) is 11.3. The van der Waals surface area contributed by atoms with Crippen molar-refractivity contribution in [2.45, 2.75) is 13.0 Å². The molecule has 2 heterocycles. The van der Waals surface area contributed by atoms with E-state index in [9.17, 15) is 9.59 Å². The maximum absolute atomic E-state index is 11.8. The summed E-state index contributed by atoms with van der Waals surface area (Å²) < 4.78 is 0. The lowest BCUT2D eigenvalue weighted by Crippen LogP contribution is -2.52. The number of nitrogens with zero attached hydrogens (tertiary/aromatic N) is 2. The smallest absolute Gasteiger partial charge is 0.312 e. The van der Waals surface area contributed by atoms with Crippen molar-refractivity contribution in [3.63, 3.8) is 0 Å². The first-order valence-corrected chi connectivity index (χ1v) is 7.21. The van der Waals surface area contributed by atoms with Crippen molar-refractivity contribution in [2.75, 3.05) is 26.7 Å². The minimum absolute atomic E-state index is 0.0574. The molecule has 1 aliphatic heterocycles. The topological polar surface area (TPSA) is 60.9 Å². The quantitative estimate of drug-likeness (QED) is 0.643. The molecule has 6 heteroatoms. The Bertz CT molecular complexity index is 570. The molecular weight excluding hydrogens is 276 g/mol. The third-order valence-electron chi connectivity index (χ3n) is 2.99. The van der Waals surface area contributed by atoms with E-state index in [0.29, 0.717) is 26.1 Å². The molecule has 106 valence electrons. The first-order valence-electron chi connectivity index (χ1n) is 6.33. The number of rotatable bonds is 3. The minimum Gasteiger partial charge on any atom is -0.395 e. The van der Waals surface area contributed by atoms with E-state index in [1.165, 1.54) is 16.2 Å². The van der Waals surface area contributed by atoms with Gasteiger partial charge in [-0.2, -0.15) is 0 Å². The second kappa shape index (κ2) is 6.55. The molecule has 2 amide bonds. The van der Waals surface area contributed by atoms with Crippen LogP contribution in [0.2, 0.25) is 0 Å². The van der Waals surface area contributed by atoms with E-state index < -0.39 is 11.8 Å². The lowest BCUT2D eigenvalue weighted by molar-refractivity contribution is -0.155. The summed E-state index contributed by atoms with van der Waals surface area (Å²) in [6.07, 6.45) is 0.455. The molecule has 0 aliphatic carbocycles. The third kappa shape index (κ3) is 3.38. The molecule has 1 fully saturated rings. The fourth-order valence-electron chi connectivity index (χ4n) is 1.86. The Kier molecular flexibility index (Phi) is 4.77. The lowest BCUT2D eigenvalue weighted by atomic mass is 10.2. The molecule has 0 spiro atoms. The molecular formula is C14H16N2O3S. The largest absolute Gasteiger partial charge is 0.395 e. The second-order valence-corrected chi connectivity index (χ2v) is 5.53. The number of aliphatic hydroxyl groups excluding tert-OH is 1. The number of thiophene rings is 1. The van der Waals surface area contributed by atoms with Crippen molar-refractivity contribution in [3.05, 3.63) is 21.9 Å². The summed E-state index contributed by atoms with van der Waals surface area (Å²) in [4.78, 5) is 27.5. The summed E-state index contributed by atoms with van der Waals surface area (Å²) in [6.45, 7) is 1.64. The molecule has 1 aromatic rings. The Morgan fingerprint density at radius 2 is 2.15 bits per heavy atom. The molecule has 2 rings (SSSR count). The Labute approximate surface area is 121 Å². The normalized spacial score (nSPS) is 15.3. The summed E-state index contributed by atoms with van der Waals surface area (Å²) in [5, 5.41) is 10.6. The zero-order valence-corrected chi connectivity index (χ0v) is 12.1. The Morgan fingerprint density at radius 3 is 2.90 bits per heavy atom. The van der Waals surface area contributed by atoms with Gasteiger partial charge >= 0.3 is 11.8 Å². The molecule has 0 saturated carbocycles. The average molecular weight is 292 g/mol. The van der Waals surface area contributed by atoms with Crippen LogP contribution in [-0.2, 0) is 16.1 Å². The maximum Gasteiger partial charge on any atom is 0.312 e. The van der Waals surface area contributed by atoms with Gasteiger partial charge in [0.1, 0.15) is 0 Å². The van der Waals surface area contributed by atoms with Gasteiger partial charge in [-0.25, -0.2) is 0 Å². The van der Waals surface area contributed by atoms with Gasteiger partial charge in [-0.05, 0) is 6.07 Å². The van der Waals surface area contributed by atoms with Crippen LogP contribution in [-0.4, -0.2) is 53.5 Å². The van der Waals surface area contributed by atoms with Crippen LogP contribution in [0.25, 0.3) is 0 Å². The van der Waals surface area contributed by atoms with E-state index in [0.717, 1.165) is 10.4 Å². The number of aliphatic hydroxyl groups is 1. The first-order chi connectivity index (χ1) is 9.61. The van der Waals surface area contributed by atoms with E-state index in [1.54, 1.807) is 11.9 Å². The van der Waals surface area contributed by atoms with E-state index in [2.05, 4.69) is 11.8 Å². The molecule has 20 heavy (non-hydrogen) atoms. The van der Waals surface area contributed by atoms with Crippen LogP contribution < -0.4 is 0 Å². The van der Waals surface area contributed by atoms with Gasteiger partial charge in [0.15, 0.2) is 0 Å². The first kappa shape index (κ1) is 14.6. The predicted molar refractivity (Wildman–Crippen MR) is 76.0 cm³/mol.